The Morgan fingerprint density at radius 2 is 1.70 bits per heavy atom. The normalized spacial score (nSPS) is 18.7. The molecule has 0 radical (unpaired) electrons. The van der Waals surface area contributed by atoms with Crippen molar-refractivity contribution < 1.29 is 19.4 Å². The number of rotatable bonds is 4. The molecule has 1 saturated heterocycles. The quantitative estimate of drug-likeness (QED) is 0.870. The predicted octanol–water partition coefficient (Wildman–Crippen LogP) is 2.68. The van der Waals surface area contributed by atoms with Gasteiger partial charge < -0.3 is 20.1 Å². The molecule has 140 valence electrons. The second kappa shape index (κ2) is 7.40. The molecule has 0 bridgehead atoms. The van der Waals surface area contributed by atoms with Crippen LogP contribution in [0, 0.1) is 0 Å². The van der Waals surface area contributed by atoms with Crippen LogP contribution >= 0.6 is 0 Å². The minimum Gasteiger partial charge on any atom is -0.481 e. The van der Waals surface area contributed by atoms with E-state index in [4.69, 9.17) is 9.84 Å². The molecule has 0 unspecified atom stereocenters. The molecule has 27 heavy (non-hydrogen) atoms. The van der Waals surface area contributed by atoms with E-state index in [0.29, 0.717) is 19.6 Å². The highest BCUT2D eigenvalue weighted by molar-refractivity contribution is 5.79. The van der Waals surface area contributed by atoms with Gasteiger partial charge in [-0.1, -0.05) is 48.5 Å². The van der Waals surface area contributed by atoms with Crippen LogP contribution in [0.25, 0.3) is 11.1 Å². The zero-order valence-electron chi connectivity index (χ0n) is 14.9. The highest BCUT2D eigenvalue weighted by Crippen LogP contribution is 2.44. The fraction of sp³-hybridized carbons (Fsp3) is 0.333. The average Bonchev–Trinajstić information content (AvgIpc) is 3.00. The molecule has 1 heterocycles. The number of carbonyl (C=O) groups excluding carboxylic acids is 1. The number of carboxylic acids is 1. The lowest BCUT2D eigenvalue weighted by atomic mass is 9.98. The molecule has 6 heteroatoms. The van der Waals surface area contributed by atoms with E-state index in [2.05, 4.69) is 29.6 Å². The lowest BCUT2D eigenvalue weighted by Crippen LogP contribution is -2.53. The number of ether oxygens (including phenoxy) is 1. The van der Waals surface area contributed by atoms with Crippen LogP contribution in [0.5, 0.6) is 0 Å². The third-order valence-corrected chi connectivity index (χ3v) is 5.27. The smallest absolute Gasteiger partial charge is 0.409 e. The molecule has 2 aliphatic rings. The van der Waals surface area contributed by atoms with Crippen LogP contribution in [0.3, 0.4) is 0 Å². The third-order valence-electron chi connectivity index (χ3n) is 5.27. The van der Waals surface area contributed by atoms with E-state index in [9.17, 15) is 9.59 Å². The van der Waals surface area contributed by atoms with Gasteiger partial charge in [-0.15, -0.1) is 0 Å². The largest absolute Gasteiger partial charge is 0.481 e. The Bertz CT molecular complexity index is 821. The van der Waals surface area contributed by atoms with Crippen molar-refractivity contribution in [2.24, 2.45) is 0 Å². The predicted molar refractivity (Wildman–Crippen MR) is 101 cm³/mol. The Morgan fingerprint density at radius 3 is 2.33 bits per heavy atom. The van der Waals surface area contributed by atoms with Gasteiger partial charge in [-0.25, -0.2) is 4.79 Å². The maximum absolute atomic E-state index is 12.5. The molecule has 1 aliphatic heterocycles. The number of nitrogens with zero attached hydrogens (tertiary/aromatic N) is 1. The molecule has 2 aromatic carbocycles. The maximum atomic E-state index is 12.5. The van der Waals surface area contributed by atoms with Crippen LogP contribution in [0.15, 0.2) is 48.5 Å². The van der Waals surface area contributed by atoms with E-state index in [1.165, 1.54) is 22.3 Å². The van der Waals surface area contributed by atoms with Gasteiger partial charge in [-0.2, -0.15) is 0 Å². The van der Waals surface area contributed by atoms with Crippen LogP contribution < -0.4 is 5.32 Å². The average molecular weight is 366 g/mol. The number of piperazine rings is 1. The molecule has 1 aliphatic carbocycles. The second-order valence-corrected chi connectivity index (χ2v) is 7.00. The Kier molecular flexibility index (Phi) is 4.81. The fourth-order valence-electron chi connectivity index (χ4n) is 4.02. The molecule has 1 atom stereocenters. The molecule has 1 fully saturated rings. The third kappa shape index (κ3) is 3.53. The monoisotopic (exact) mass is 366 g/mol. The molecule has 4 rings (SSSR count). The number of benzene rings is 2. The summed E-state index contributed by atoms with van der Waals surface area (Å²) in [5.74, 6) is -0.846. The molecular weight excluding hydrogens is 344 g/mol. The molecule has 0 saturated carbocycles. The van der Waals surface area contributed by atoms with E-state index in [1.54, 1.807) is 4.90 Å². The first-order chi connectivity index (χ1) is 13.1. The SMILES string of the molecule is O=C(O)C[C@H]1CN(C(=O)OCC2c3ccccc3-c3ccccc32)CCN1. The van der Waals surface area contributed by atoms with Crippen molar-refractivity contribution in [3.8, 4) is 11.1 Å². The van der Waals surface area contributed by atoms with Crippen molar-refractivity contribution in [2.45, 2.75) is 18.4 Å². The first kappa shape index (κ1) is 17.5. The summed E-state index contributed by atoms with van der Waals surface area (Å²) in [6, 6.07) is 16.2. The summed E-state index contributed by atoms with van der Waals surface area (Å²) in [5.41, 5.74) is 4.74. The molecular formula is C21H22N2O4. The zero-order chi connectivity index (χ0) is 18.8. The summed E-state index contributed by atoms with van der Waals surface area (Å²) in [4.78, 5) is 25.0. The minimum atomic E-state index is -0.873. The number of carboxylic acid groups (broad SMARTS) is 1. The van der Waals surface area contributed by atoms with E-state index in [-0.39, 0.29) is 31.1 Å². The first-order valence-electron chi connectivity index (χ1n) is 9.18. The second-order valence-electron chi connectivity index (χ2n) is 7.00. The summed E-state index contributed by atoms with van der Waals surface area (Å²) < 4.78 is 5.64. The van der Waals surface area contributed by atoms with Gasteiger partial charge in [-0.05, 0) is 22.3 Å². The van der Waals surface area contributed by atoms with E-state index < -0.39 is 5.97 Å². The van der Waals surface area contributed by atoms with Crippen LogP contribution in [-0.4, -0.2) is 54.4 Å². The van der Waals surface area contributed by atoms with Crippen molar-refractivity contribution in [2.75, 3.05) is 26.2 Å². The van der Waals surface area contributed by atoms with Crippen LogP contribution in [0.4, 0.5) is 4.79 Å². The number of hydrogen-bond acceptors (Lipinski definition) is 4. The fourth-order valence-corrected chi connectivity index (χ4v) is 4.02. The van der Waals surface area contributed by atoms with Crippen molar-refractivity contribution in [1.29, 1.82) is 0 Å². The topological polar surface area (TPSA) is 78.9 Å². The standard InChI is InChI=1S/C21H22N2O4/c24-20(25)11-14-12-23(10-9-22-14)21(26)27-13-19-17-7-3-1-5-15(17)16-6-2-4-8-18(16)19/h1-8,14,19,22H,9-13H2,(H,24,25)/t14-/m0/s1. The van der Waals surface area contributed by atoms with Crippen molar-refractivity contribution in [3.63, 3.8) is 0 Å². The number of nitrogens with one attached hydrogen (secondary N) is 1. The number of aliphatic carboxylic acids is 1. The van der Waals surface area contributed by atoms with Crippen molar-refractivity contribution in [3.05, 3.63) is 59.7 Å². The number of carbonyl (C=O) groups is 2. The minimum absolute atomic E-state index is 0.00679. The number of hydrogen-bond donors (Lipinski definition) is 2. The van der Waals surface area contributed by atoms with Crippen molar-refractivity contribution >= 4 is 12.1 Å². The van der Waals surface area contributed by atoms with Crippen LogP contribution in [0.2, 0.25) is 0 Å². The van der Waals surface area contributed by atoms with Crippen molar-refractivity contribution in [1.82, 2.24) is 10.2 Å². The van der Waals surface area contributed by atoms with E-state index in [0.717, 1.165) is 0 Å². The Balaban J connectivity index is 1.44. The van der Waals surface area contributed by atoms with E-state index in [1.807, 2.05) is 24.3 Å². The Labute approximate surface area is 157 Å². The van der Waals surface area contributed by atoms with Crippen LogP contribution in [-0.2, 0) is 9.53 Å². The highest BCUT2D eigenvalue weighted by Gasteiger charge is 2.31. The molecule has 0 spiro atoms. The molecule has 6 nitrogen and oxygen atoms in total. The Morgan fingerprint density at radius 1 is 1.07 bits per heavy atom. The number of amides is 1. The molecule has 2 N–H and O–H groups in total. The Hall–Kier alpha value is -2.86. The number of fused-ring (bicyclic) bond motifs is 3. The summed E-state index contributed by atoms with van der Waals surface area (Å²) in [6.45, 7) is 1.72. The lowest BCUT2D eigenvalue weighted by Gasteiger charge is -2.32. The first-order valence-corrected chi connectivity index (χ1v) is 9.18. The van der Waals surface area contributed by atoms with Crippen LogP contribution in [0.1, 0.15) is 23.5 Å². The summed E-state index contributed by atoms with van der Waals surface area (Å²) in [7, 11) is 0. The van der Waals surface area contributed by atoms with Gasteiger partial charge >= 0.3 is 12.1 Å². The maximum Gasteiger partial charge on any atom is 0.409 e. The van der Waals surface area contributed by atoms with Gasteiger partial charge in [0, 0.05) is 31.6 Å². The van der Waals surface area contributed by atoms with Gasteiger partial charge in [0.05, 0.1) is 6.42 Å². The van der Waals surface area contributed by atoms with Gasteiger partial charge in [0.2, 0.25) is 0 Å². The molecule has 2 aromatic rings. The van der Waals surface area contributed by atoms with Gasteiger partial charge in [0.15, 0.2) is 0 Å². The summed E-state index contributed by atoms with van der Waals surface area (Å²) >= 11 is 0. The van der Waals surface area contributed by atoms with E-state index >= 15 is 0 Å². The van der Waals surface area contributed by atoms with Gasteiger partial charge in [0.25, 0.3) is 0 Å². The summed E-state index contributed by atoms with van der Waals surface area (Å²) in [5, 5.41) is 12.1. The molecule has 0 aromatic heterocycles. The zero-order valence-corrected chi connectivity index (χ0v) is 14.9. The lowest BCUT2D eigenvalue weighted by molar-refractivity contribution is -0.137. The van der Waals surface area contributed by atoms with Gasteiger partial charge in [0.1, 0.15) is 6.61 Å². The highest BCUT2D eigenvalue weighted by atomic mass is 16.6. The summed E-state index contributed by atoms with van der Waals surface area (Å²) in [6.07, 6.45) is -0.388. The van der Waals surface area contributed by atoms with Gasteiger partial charge in [-0.3, -0.25) is 4.79 Å². The molecule has 1 amide bonds.